The molecule has 0 bridgehead atoms. The summed E-state index contributed by atoms with van der Waals surface area (Å²) in [5.74, 6) is 1.56. The van der Waals surface area contributed by atoms with Crippen molar-refractivity contribution >= 4 is 29.9 Å². The molecule has 1 aromatic rings. The van der Waals surface area contributed by atoms with E-state index in [1.165, 1.54) is 0 Å². The molecule has 0 radical (unpaired) electrons. The number of alkyl halides is 3. The first-order chi connectivity index (χ1) is 11.9. The van der Waals surface area contributed by atoms with E-state index in [-0.39, 0.29) is 30.4 Å². The molecule has 6 nitrogen and oxygen atoms in total. The van der Waals surface area contributed by atoms with Gasteiger partial charge in [-0.2, -0.15) is 13.2 Å². The number of halogens is 4. The van der Waals surface area contributed by atoms with Gasteiger partial charge in [0.1, 0.15) is 5.76 Å². The van der Waals surface area contributed by atoms with Crippen LogP contribution in [0.5, 0.6) is 0 Å². The maximum atomic E-state index is 12.1. The fraction of sp³-hybridized carbons (Fsp3) is 0.750. The molecule has 0 amide bonds. The molecule has 1 saturated heterocycles. The summed E-state index contributed by atoms with van der Waals surface area (Å²) in [5, 5.41) is 7.16. The lowest BCUT2D eigenvalue weighted by Crippen LogP contribution is -2.52. The average Bonchev–Trinajstić information content (AvgIpc) is 2.96. The van der Waals surface area contributed by atoms with E-state index < -0.39 is 12.6 Å². The van der Waals surface area contributed by atoms with Crippen LogP contribution < -0.4 is 5.32 Å². The highest BCUT2D eigenvalue weighted by Crippen LogP contribution is 2.21. The standard InChI is InChI=1S/C16H26F3N5O.HI/c1-13-11-14(22-25-13)12-23-7-9-24(10-8-23)15(20-2)21-6-4-3-5-16(17,18)19;/h11H,3-10,12H2,1-2H3,(H,20,21);1H. The van der Waals surface area contributed by atoms with Crippen LogP contribution in [0, 0.1) is 6.92 Å². The molecule has 0 unspecified atom stereocenters. The topological polar surface area (TPSA) is 56.9 Å². The summed E-state index contributed by atoms with van der Waals surface area (Å²) in [6.07, 6.45) is -4.18. The van der Waals surface area contributed by atoms with Gasteiger partial charge in [-0.3, -0.25) is 9.89 Å². The van der Waals surface area contributed by atoms with Crippen LogP contribution in [-0.2, 0) is 6.54 Å². The number of guanidine groups is 1. The molecule has 0 spiro atoms. The van der Waals surface area contributed by atoms with E-state index in [1.807, 2.05) is 13.0 Å². The second kappa shape index (κ2) is 11.0. The van der Waals surface area contributed by atoms with Crippen LogP contribution in [0.15, 0.2) is 15.6 Å². The molecular weight excluding hydrogens is 462 g/mol. The molecule has 1 aromatic heterocycles. The summed E-state index contributed by atoms with van der Waals surface area (Å²) < 4.78 is 41.5. The first-order valence-electron chi connectivity index (χ1n) is 8.54. The molecule has 1 aliphatic rings. The van der Waals surface area contributed by atoms with Gasteiger partial charge in [0.2, 0.25) is 0 Å². The zero-order valence-corrected chi connectivity index (χ0v) is 17.5. The summed E-state index contributed by atoms with van der Waals surface area (Å²) in [4.78, 5) is 8.66. The number of aromatic nitrogens is 1. The molecule has 1 N–H and O–H groups in total. The third-order valence-electron chi connectivity index (χ3n) is 4.12. The van der Waals surface area contributed by atoms with Crippen molar-refractivity contribution in [1.29, 1.82) is 0 Å². The number of piperazine rings is 1. The molecule has 0 saturated carbocycles. The minimum atomic E-state index is -4.07. The van der Waals surface area contributed by atoms with Crippen LogP contribution in [-0.4, -0.2) is 66.9 Å². The maximum absolute atomic E-state index is 12.1. The van der Waals surface area contributed by atoms with Crippen molar-refractivity contribution < 1.29 is 17.7 Å². The van der Waals surface area contributed by atoms with Crippen molar-refractivity contribution in [3.63, 3.8) is 0 Å². The van der Waals surface area contributed by atoms with Crippen LogP contribution in [0.3, 0.4) is 0 Å². The van der Waals surface area contributed by atoms with Gasteiger partial charge in [-0.15, -0.1) is 24.0 Å². The van der Waals surface area contributed by atoms with Gasteiger partial charge in [0.15, 0.2) is 5.96 Å². The Balaban J connectivity index is 0.00000338. The molecule has 150 valence electrons. The zero-order valence-electron chi connectivity index (χ0n) is 15.2. The Morgan fingerprint density at radius 3 is 2.50 bits per heavy atom. The van der Waals surface area contributed by atoms with Gasteiger partial charge in [0.05, 0.1) is 5.69 Å². The van der Waals surface area contributed by atoms with Crippen molar-refractivity contribution in [2.75, 3.05) is 39.8 Å². The lowest BCUT2D eigenvalue weighted by Gasteiger charge is -2.36. The minimum Gasteiger partial charge on any atom is -0.361 e. The summed E-state index contributed by atoms with van der Waals surface area (Å²) in [5.41, 5.74) is 0.929. The number of hydrogen-bond acceptors (Lipinski definition) is 4. The first kappa shape index (κ1) is 23.0. The van der Waals surface area contributed by atoms with E-state index in [0.717, 1.165) is 50.1 Å². The number of rotatable bonds is 6. The van der Waals surface area contributed by atoms with E-state index in [4.69, 9.17) is 4.52 Å². The van der Waals surface area contributed by atoms with E-state index in [2.05, 4.69) is 25.3 Å². The van der Waals surface area contributed by atoms with Gasteiger partial charge in [-0.05, 0) is 19.8 Å². The van der Waals surface area contributed by atoms with Gasteiger partial charge in [-0.25, -0.2) is 0 Å². The Morgan fingerprint density at radius 1 is 1.27 bits per heavy atom. The largest absolute Gasteiger partial charge is 0.389 e. The molecule has 2 rings (SSSR count). The molecule has 0 aromatic carbocycles. The van der Waals surface area contributed by atoms with Crippen LogP contribution in [0.4, 0.5) is 13.2 Å². The van der Waals surface area contributed by atoms with Crippen LogP contribution in [0.25, 0.3) is 0 Å². The maximum Gasteiger partial charge on any atom is 0.389 e. The highest BCUT2D eigenvalue weighted by Gasteiger charge is 2.26. The highest BCUT2D eigenvalue weighted by molar-refractivity contribution is 14.0. The molecular formula is C16H27F3IN5O. The van der Waals surface area contributed by atoms with E-state index in [0.29, 0.717) is 13.0 Å². The van der Waals surface area contributed by atoms with Gasteiger partial charge in [0.25, 0.3) is 0 Å². The molecule has 2 heterocycles. The van der Waals surface area contributed by atoms with Gasteiger partial charge in [-0.1, -0.05) is 5.16 Å². The highest BCUT2D eigenvalue weighted by atomic mass is 127. The zero-order chi connectivity index (χ0) is 18.3. The molecule has 0 atom stereocenters. The van der Waals surface area contributed by atoms with E-state index in [1.54, 1.807) is 7.05 Å². The van der Waals surface area contributed by atoms with Crippen molar-refractivity contribution in [2.45, 2.75) is 38.9 Å². The van der Waals surface area contributed by atoms with Crippen LogP contribution in [0.1, 0.15) is 30.7 Å². The Kier molecular flexibility index (Phi) is 9.69. The van der Waals surface area contributed by atoms with Gasteiger partial charge >= 0.3 is 6.18 Å². The third-order valence-corrected chi connectivity index (χ3v) is 4.12. The van der Waals surface area contributed by atoms with Crippen molar-refractivity contribution in [2.24, 2.45) is 4.99 Å². The number of nitrogens with zero attached hydrogens (tertiary/aromatic N) is 4. The molecule has 1 aliphatic heterocycles. The van der Waals surface area contributed by atoms with Gasteiger partial charge in [0, 0.05) is 58.8 Å². The average molecular weight is 489 g/mol. The normalized spacial score (nSPS) is 16.5. The monoisotopic (exact) mass is 489 g/mol. The molecule has 0 aliphatic carbocycles. The number of unbranched alkanes of at least 4 members (excludes halogenated alkanes) is 1. The molecule has 1 fully saturated rings. The third kappa shape index (κ3) is 8.11. The lowest BCUT2D eigenvalue weighted by atomic mass is 10.2. The summed E-state index contributed by atoms with van der Waals surface area (Å²) in [7, 11) is 1.70. The Hall–Kier alpha value is -1.04. The Morgan fingerprint density at radius 2 is 1.96 bits per heavy atom. The molecule has 26 heavy (non-hydrogen) atoms. The van der Waals surface area contributed by atoms with Crippen LogP contribution >= 0.6 is 24.0 Å². The fourth-order valence-corrected chi connectivity index (χ4v) is 2.82. The van der Waals surface area contributed by atoms with Crippen molar-refractivity contribution in [1.82, 2.24) is 20.3 Å². The number of aliphatic imine (C=N–C) groups is 1. The minimum absolute atomic E-state index is 0. The van der Waals surface area contributed by atoms with E-state index >= 15 is 0 Å². The van der Waals surface area contributed by atoms with Gasteiger partial charge < -0.3 is 14.7 Å². The quantitative estimate of drug-likeness (QED) is 0.288. The predicted octanol–water partition coefficient (Wildman–Crippen LogP) is 3.03. The number of hydrogen-bond donors (Lipinski definition) is 1. The Bertz CT molecular complexity index is 556. The summed E-state index contributed by atoms with van der Waals surface area (Å²) >= 11 is 0. The van der Waals surface area contributed by atoms with Crippen molar-refractivity contribution in [3.05, 3.63) is 17.5 Å². The summed E-state index contributed by atoms with van der Waals surface area (Å²) in [6.45, 7) is 6.52. The number of nitrogens with one attached hydrogen (secondary N) is 1. The SMILES string of the molecule is CN=C(NCCCCC(F)(F)F)N1CCN(Cc2cc(C)on2)CC1.I. The van der Waals surface area contributed by atoms with Crippen molar-refractivity contribution in [3.8, 4) is 0 Å². The Labute approximate surface area is 169 Å². The first-order valence-corrected chi connectivity index (χ1v) is 8.54. The lowest BCUT2D eigenvalue weighted by molar-refractivity contribution is -0.135. The fourth-order valence-electron chi connectivity index (χ4n) is 2.82. The smallest absolute Gasteiger partial charge is 0.361 e. The second-order valence-corrected chi connectivity index (χ2v) is 6.24. The molecule has 10 heteroatoms. The van der Waals surface area contributed by atoms with Crippen LogP contribution in [0.2, 0.25) is 0 Å². The predicted molar refractivity (Wildman–Crippen MR) is 105 cm³/mol. The van der Waals surface area contributed by atoms with E-state index in [9.17, 15) is 13.2 Å². The summed E-state index contributed by atoms with van der Waals surface area (Å²) in [6, 6.07) is 1.94. The second-order valence-electron chi connectivity index (χ2n) is 6.24. The number of aryl methyl sites for hydroxylation is 1.